The second-order valence-electron chi connectivity index (χ2n) is 8.93. The van der Waals surface area contributed by atoms with Crippen molar-refractivity contribution in [1.29, 1.82) is 0 Å². The van der Waals surface area contributed by atoms with E-state index in [0.29, 0.717) is 4.90 Å². The summed E-state index contributed by atoms with van der Waals surface area (Å²) in [6.07, 6.45) is 7.03. The molecule has 0 aliphatic rings. The molecule has 6 heteroatoms. The zero-order valence-electron chi connectivity index (χ0n) is 20.4. The molecule has 2 unspecified atom stereocenters. The summed E-state index contributed by atoms with van der Waals surface area (Å²) < 4.78 is 0. The number of carboxylic acid groups (broad SMARTS) is 2. The van der Waals surface area contributed by atoms with Gasteiger partial charge in [-0.15, -0.1) is 11.8 Å². The second kappa shape index (κ2) is 14.5. The Morgan fingerprint density at radius 1 is 0.694 bits per heavy atom. The minimum absolute atomic E-state index is 0.0924. The lowest BCUT2D eigenvalue weighted by atomic mass is 9.96. The number of carboxylic acids is 2. The summed E-state index contributed by atoms with van der Waals surface area (Å²) in [6, 6.07) is 24.6. The molecule has 190 valence electrons. The number of aliphatic hydroxyl groups excluding tert-OH is 1. The molecule has 5 nitrogen and oxygen atoms in total. The first-order valence-corrected chi connectivity index (χ1v) is 13.4. The van der Waals surface area contributed by atoms with Crippen LogP contribution in [0, 0.1) is 0 Å². The Kier molecular flexibility index (Phi) is 11.0. The van der Waals surface area contributed by atoms with Gasteiger partial charge >= 0.3 is 11.9 Å². The van der Waals surface area contributed by atoms with Crippen molar-refractivity contribution in [3.63, 3.8) is 0 Å². The molecule has 0 radical (unpaired) electrons. The van der Waals surface area contributed by atoms with Gasteiger partial charge in [0.15, 0.2) is 6.10 Å². The van der Waals surface area contributed by atoms with E-state index < -0.39 is 23.3 Å². The largest absolute Gasteiger partial charge is 0.479 e. The number of aryl methyl sites for hydroxylation is 2. The quantitative estimate of drug-likeness (QED) is 0.155. The molecule has 0 heterocycles. The maximum atomic E-state index is 11.7. The summed E-state index contributed by atoms with van der Waals surface area (Å²) in [5.41, 5.74) is 3.21. The van der Waals surface area contributed by atoms with Crippen molar-refractivity contribution in [2.45, 2.75) is 67.6 Å². The van der Waals surface area contributed by atoms with E-state index in [1.54, 1.807) is 18.2 Å². The van der Waals surface area contributed by atoms with E-state index in [1.807, 2.05) is 30.3 Å². The number of rotatable bonds is 15. The Balaban J connectivity index is 1.58. The van der Waals surface area contributed by atoms with Crippen molar-refractivity contribution >= 4 is 23.7 Å². The molecule has 2 atom stereocenters. The number of carbonyl (C=O) groups is 2. The summed E-state index contributed by atoms with van der Waals surface area (Å²) in [5, 5.41) is 28.8. The van der Waals surface area contributed by atoms with Crippen LogP contribution in [0.15, 0.2) is 83.8 Å². The average Bonchev–Trinajstić information content (AvgIpc) is 2.89. The first kappa shape index (κ1) is 27.5. The van der Waals surface area contributed by atoms with Crippen LogP contribution >= 0.6 is 11.8 Å². The van der Waals surface area contributed by atoms with Gasteiger partial charge in [0, 0.05) is 4.90 Å². The highest BCUT2D eigenvalue weighted by molar-refractivity contribution is 7.99. The molecule has 0 amide bonds. The highest BCUT2D eigenvalue weighted by Gasteiger charge is 2.31. The molecule has 3 rings (SSSR count). The van der Waals surface area contributed by atoms with Gasteiger partial charge in [0.05, 0.1) is 10.8 Å². The zero-order chi connectivity index (χ0) is 25.8. The van der Waals surface area contributed by atoms with Gasteiger partial charge in [-0.2, -0.15) is 0 Å². The van der Waals surface area contributed by atoms with E-state index in [2.05, 4.69) is 24.3 Å². The maximum Gasteiger partial charge on any atom is 0.336 e. The number of aliphatic hydroxyl groups is 1. The third-order valence-electron chi connectivity index (χ3n) is 6.28. The number of unbranched alkanes of at least 4 members (excludes halogenated alkanes) is 5. The maximum absolute atomic E-state index is 11.7. The predicted octanol–water partition coefficient (Wildman–Crippen LogP) is 6.79. The highest BCUT2D eigenvalue weighted by Crippen LogP contribution is 2.41. The number of hydrogen-bond acceptors (Lipinski definition) is 4. The zero-order valence-corrected chi connectivity index (χ0v) is 21.2. The van der Waals surface area contributed by atoms with Crippen molar-refractivity contribution in [3.05, 3.63) is 101 Å². The van der Waals surface area contributed by atoms with E-state index in [-0.39, 0.29) is 5.56 Å². The topological polar surface area (TPSA) is 94.8 Å². The molecule has 0 spiro atoms. The Morgan fingerprint density at radius 2 is 1.28 bits per heavy atom. The Labute approximate surface area is 217 Å². The van der Waals surface area contributed by atoms with Gasteiger partial charge in [0.2, 0.25) is 0 Å². The molecule has 3 aromatic carbocycles. The van der Waals surface area contributed by atoms with Gasteiger partial charge in [0.25, 0.3) is 0 Å². The molecule has 0 saturated carbocycles. The summed E-state index contributed by atoms with van der Waals surface area (Å²) >= 11 is 1.09. The lowest BCUT2D eigenvalue weighted by Crippen LogP contribution is -2.26. The summed E-state index contributed by atoms with van der Waals surface area (Å²) in [5.74, 6) is -2.41. The summed E-state index contributed by atoms with van der Waals surface area (Å²) in [7, 11) is 0. The van der Waals surface area contributed by atoms with Gasteiger partial charge in [-0.25, -0.2) is 9.59 Å². The summed E-state index contributed by atoms with van der Waals surface area (Å²) in [6.45, 7) is 0. The van der Waals surface area contributed by atoms with Crippen molar-refractivity contribution in [1.82, 2.24) is 0 Å². The van der Waals surface area contributed by atoms with Gasteiger partial charge in [0.1, 0.15) is 0 Å². The van der Waals surface area contributed by atoms with Crippen LogP contribution < -0.4 is 0 Å². The lowest BCUT2D eigenvalue weighted by Gasteiger charge is -2.23. The standard InChI is InChI=1S/C30H34O5S/c31-27(30(34)35)28(36-26-21-13-12-20-25(26)29(32)33)24-19-11-10-18-23(24)17-9-4-2-1-3-6-14-22-15-7-5-8-16-22/h5,7-8,10-13,15-16,18-21,27-28,31H,1-4,6,9,14,17H2,(H,32,33)(H,34,35). The lowest BCUT2D eigenvalue weighted by molar-refractivity contribution is -0.146. The Morgan fingerprint density at radius 3 is 1.97 bits per heavy atom. The first-order valence-electron chi connectivity index (χ1n) is 12.5. The van der Waals surface area contributed by atoms with E-state index in [4.69, 9.17) is 0 Å². The molecule has 3 N–H and O–H groups in total. The highest BCUT2D eigenvalue weighted by atomic mass is 32.2. The van der Waals surface area contributed by atoms with Crippen molar-refractivity contribution < 1.29 is 24.9 Å². The molecule has 0 aromatic heterocycles. The van der Waals surface area contributed by atoms with E-state index in [9.17, 15) is 24.9 Å². The average molecular weight is 507 g/mol. The van der Waals surface area contributed by atoms with Crippen LogP contribution in [0.5, 0.6) is 0 Å². The molecular formula is C30H34O5S. The van der Waals surface area contributed by atoms with Gasteiger partial charge in [-0.1, -0.05) is 92.4 Å². The van der Waals surface area contributed by atoms with Crippen molar-refractivity contribution in [2.24, 2.45) is 0 Å². The van der Waals surface area contributed by atoms with Gasteiger partial charge in [-0.3, -0.25) is 0 Å². The number of aliphatic carboxylic acids is 1. The molecule has 36 heavy (non-hydrogen) atoms. The van der Waals surface area contributed by atoms with Crippen LogP contribution in [0.2, 0.25) is 0 Å². The predicted molar refractivity (Wildman–Crippen MR) is 144 cm³/mol. The summed E-state index contributed by atoms with van der Waals surface area (Å²) in [4.78, 5) is 23.8. The first-order chi connectivity index (χ1) is 17.5. The Hall–Kier alpha value is -3.09. The fraction of sp³-hybridized carbons (Fsp3) is 0.333. The molecule has 0 fully saturated rings. The monoisotopic (exact) mass is 506 g/mol. The van der Waals surface area contributed by atoms with E-state index >= 15 is 0 Å². The molecule has 0 bridgehead atoms. The van der Waals surface area contributed by atoms with Crippen LogP contribution in [-0.2, 0) is 17.6 Å². The van der Waals surface area contributed by atoms with Crippen LogP contribution in [0.1, 0.15) is 70.8 Å². The van der Waals surface area contributed by atoms with Gasteiger partial charge < -0.3 is 15.3 Å². The minimum Gasteiger partial charge on any atom is -0.479 e. The van der Waals surface area contributed by atoms with Crippen molar-refractivity contribution in [2.75, 3.05) is 0 Å². The number of aromatic carboxylic acids is 1. The smallest absolute Gasteiger partial charge is 0.336 e. The fourth-order valence-electron chi connectivity index (χ4n) is 4.35. The van der Waals surface area contributed by atoms with Crippen LogP contribution in [0.4, 0.5) is 0 Å². The van der Waals surface area contributed by atoms with Crippen molar-refractivity contribution in [3.8, 4) is 0 Å². The molecule has 0 saturated heterocycles. The van der Waals surface area contributed by atoms with Crippen LogP contribution in [-0.4, -0.2) is 33.4 Å². The third kappa shape index (κ3) is 8.25. The SMILES string of the molecule is O=C(O)c1ccccc1SC(c1ccccc1CCCCCCCCc1ccccc1)C(O)C(=O)O. The Bertz CT molecular complexity index is 1120. The number of hydrogen-bond donors (Lipinski definition) is 3. The molecule has 0 aliphatic heterocycles. The van der Waals surface area contributed by atoms with Gasteiger partial charge in [-0.05, 0) is 54.5 Å². The van der Waals surface area contributed by atoms with E-state index in [1.165, 1.54) is 30.9 Å². The fourth-order valence-corrected chi connectivity index (χ4v) is 5.66. The van der Waals surface area contributed by atoms with Crippen LogP contribution in [0.3, 0.4) is 0 Å². The number of benzene rings is 3. The van der Waals surface area contributed by atoms with Crippen LogP contribution in [0.25, 0.3) is 0 Å². The number of thioether (sulfide) groups is 1. The normalized spacial score (nSPS) is 12.7. The molecule has 3 aromatic rings. The minimum atomic E-state index is -1.66. The third-order valence-corrected chi connectivity index (χ3v) is 7.65. The molecular weight excluding hydrogens is 472 g/mol. The second-order valence-corrected chi connectivity index (χ2v) is 10.1. The molecule has 0 aliphatic carbocycles. The van der Waals surface area contributed by atoms with E-state index in [0.717, 1.165) is 55.0 Å².